The summed E-state index contributed by atoms with van der Waals surface area (Å²) >= 11 is 5.75. The van der Waals surface area contributed by atoms with Gasteiger partial charge in [0.15, 0.2) is 5.69 Å². The zero-order chi connectivity index (χ0) is 15.0. The number of carbonyl (C=O) groups is 2. The van der Waals surface area contributed by atoms with Crippen molar-refractivity contribution < 1.29 is 19.4 Å². The minimum absolute atomic E-state index is 0.0282. The fraction of sp³-hybridized carbons (Fsp3) is 0.0833. The Balaban J connectivity index is 2.08. The number of aromatic nitrogens is 3. The van der Waals surface area contributed by atoms with Crippen molar-refractivity contribution in [3.05, 3.63) is 47.1 Å². The summed E-state index contributed by atoms with van der Waals surface area (Å²) in [5.74, 6) is -0.352. The Morgan fingerprint density at radius 3 is 2.71 bits per heavy atom. The third-order valence-corrected chi connectivity index (χ3v) is 3.01. The lowest BCUT2D eigenvalue weighted by Gasteiger charge is -2.21. The van der Waals surface area contributed by atoms with E-state index >= 15 is 0 Å². The van der Waals surface area contributed by atoms with Crippen LogP contribution in [0.5, 0.6) is 0 Å². The van der Waals surface area contributed by atoms with E-state index in [1.54, 1.807) is 0 Å². The van der Waals surface area contributed by atoms with E-state index in [0.29, 0.717) is 5.02 Å². The Morgan fingerprint density at radius 2 is 2.05 bits per heavy atom. The molecule has 2 aromatic heterocycles. The molecule has 1 amide bonds. The van der Waals surface area contributed by atoms with Gasteiger partial charge in [-0.2, -0.15) is 0 Å². The molecule has 0 aromatic carbocycles. The zero-order valence-electron chi connectivity index (χ0n) is 10.3. The van der Waals surface area contributed by atoms with Gasteiger partial charge >= 0.3 is 6.16 Å². The van der Waals surface area contributed by atoms with Gasteiger partial charge < -0.3 is 9.84 Å². The summed E-state index contributed by atoms with van der Waals surface area (Å²) in [6.07, 6.45) is 1.26. The first-order valence-corrected chi connectivity index (χ1v) is 6.11. The molecule has 1 aliphatic heterocycles. The smallest absolute Gasteiger partial charge is 0.450 e. The predicted octanol–water partition coefficient (Wildman–Crippen LogP) is 1.88. The first-order chi connectivity index (χ1) is 10.1. The minimum Gasteiger partial charge on any atom is -0.450 e. The number of amides is 1. The molecule has 1 aliphatic rings. The highest BCUT2D eigenvalue weighted by Crippen LogP contribution is 2.35. The molecular formula is C12H7ClN4O4. The van der Waals surface area contributed by atoms with Crippen molar-refractivity contribution in [1.29, 1.82) is 0 Å². The fourth-order valence-corrected chi connectivity index (χ4v) is 2.09. The monoisotopic (exact) mass is 306 g/mol. The molecule has 3 heterocycles. The van der Waals surface area contributed by atoms with Crippen molar-refractivity contribution in [2.24, 2.45) is 0 Å². The second-order valence-corrected chi connectivity index (χ2v) is 4.47. The van der Waals surface area contributed by atoms with Gasteiger partial charge in [0.05, 0.1) is 5.02 Å². The molecule has 9 heteroatoms. The maximum absolute atomic E-state index is 12.4. The number of nitrogens with zero attached hydrogens (tertiary/aromatic N) is 4. The van der Waals surface area contributed by atoms with E-state index in [1.807, 2.05) is 0 Å². The summed E-state index contributed by atoms with van der Waals surface area (Å²) in [5.41, 5.74) is 0.155. The van der Waals surface area contributed by atoms with Crippen molar-refractivity contribution in [2.75, 3.05) is 4.90 Å². The molecule has 0 aliphatic carbocycles. The Hall–Kier alpha value is -2.74. The number of fused-ring (bicyclic) bond motifs is 1. The summed E-state index contributed by atoms with van der Waals surface area (Å²) in [4.78, 5) is 36.1. The van der Waals surface area contributed by atoms with E-state index in [1.165, 1.54) is 30.7 Å². The van der Waals surface area contributed by atoms with E-state index in [9.17, 15) is 9.59 Å². The van der Waals surface area contributed by atoms with Crippen LogP contribution in [0.25, 0.3) is 0 Å². The van der Waals surface area contributed by atoms with Crippen LogP contribution >= 0.6 is 11.6 Å². The molecule has 21 heavy (non-hydrogen) atoms. The average Bonchev–Trinajstić information content (AvgIpc) is 2.73. The standard InChI is InChI=1S/C12H7ClN4O4/c13-6-1-2-7(16-5-6)17-10(18)8-9(15-4-3-14-8)11(17)21-12(19)20/h1-5,11H,(H,19,20). The molecule has 2 aromatic rings. The normalized spacial score (nSPS) is 16.7. The molecule has 106 valence electrons. The van der Waals surface area contributed by atoms with Crippen molar-refractivity contribution in [3.8, 4) is 0 Å². The van der Waals surface area contributed by atoms with Crippen molar-refractivity contribution in [1.82, 2.24) is 15.0 Å². The Labute approximate surface area is 123 Å². The Morgan fingerprint density at radius 1 is 1.29 bits per heavy atom. The highest BCUT2D eigenvalue weighted by atomic mass is 35.5. The molecule has 0 radical (unpaired) electrons. The maximum Gasteiger partial charge on any atom is 0.508 e. The fourth-order valence-electron chi connectivity index (χ4n) is 1.98. The second-order valence-electron chi connectivity index (χ2n) is 4.04. The molecule has 1 N–H and O–H groups in total. The second kappa shape index (κ2) is 4.98. The average molecular weight is 307 g/mol. The Kier molecular flexibility index (Phi) is 3.15. The summed E-state index contributed by atoms with van der Waals surface area (Å²) in [6, 6.07) is 3.00. The molecular weight excluding hydrogens is 300 g/mol. The number of hydrogen-bond donors (Lipinski definition) is 1. The van der Waals surface area contributed by atoms with E-state index < -0.39 is 18.3 Å². The van der Waals surface area contributed by atoms with Crippen LogP contribution in [0.3, 0.4) is 0 Å². The van der Waals surface area contributed by atoms with Crippen LogP contribution in [0.2, 0.25) is 5.02 Å². The van der Waals surface area contributed by atoms with Crippen LogP contribution in [0.15, 0.2) is 30.7 Å². The number of anilines is 1. The van der Waals surface area contributed by atoms with E-state index in [4.69, 9.17) is 21.4 Å². The van der Waals surface area contributed by atoms with Crippen LogP contribution in [0, 0.1) is 0 Å². The number of pyridine rings is 1. The Bertz CT molecular complexity index is 721. The van der Waals surface area contributed by atoms with Gasteiger partial charge in [-0.05, 0) is 12.1 Å². The topological polar surface area (TPSA) is 106 Å². The zero-order valence-corrected chi connectivity index (χ0v) is 11.1. The van der Waals surface area contributed by atoms with Crippen molar-refractivity contribution >= 4 is 29.5 Å². The van der Waals surface area contributed by atoms with Gasteiger partial charge in [0, 0.05) is 18.6 Å². The number of halogens is 1. The lowest BCUT2D eigenvalue weighted by molar-refractivity contribution is 0.0498. The van der Waals surface area contributed by atoms with Gasteiger partial charge in [-0.1, -0.05) is 11.6 Å². The SMILES string of the molecule is O=C(O)OC1c2nccnc2C(=O)N1c1ccc(Cl)cn1. The van der Waals surface area contributed by atoms with Gasteiger partial charge in [-0.3, -0.25) is 9.78 Å². The molecule has 0 spiro atoms. The summed E-state index contributed by atoms with van der Waals surface area (Å²) in [6.45, 7) is 0. The maximum atomic E-state index is 12.4. The molecule has 1 unspecified atom stereocenters. The largest absolute Gasteiger partial charge is 0.508 e. The number of hydrogen-bond acceptors (Lipinski definition) is 6. The van der Waals surface area contributed by atoms with E-state index in [0.717, 1.165) is 4.90 Å². The molecule has 0 bridgehead atoms. The molecule has 3 rings (SSSR count). The molecule has 1 atom stereocenters. The number of rotatable bonds is 2. The van der Waals surface area contributed by atoms with Gasteiger partial charge in [0.1, 0.15) is 11.5 Å². The number of carboxylic acid groups (broad SMARTS) is 1. The first kappa shape index (κ1) is 13.3. The summed E-state index contributed by atoms with van der Waals surface area (Å²) in [7, 11) is 0. The molecule has 0 fully saturated rings. The van der Waals surface area contributed by atoms with Gasteiger partial charge in [-0.25, -0.2) is 19.7 Å². The lowest BCUT2D eigenvalue weighted by atomic mass is 10.3. The number of carbonyl (C=O) groups excluding carboxylic acids is 1. The lowest BCUT2D eigenvalue weighted by Crippen LogP contribution is -2.31. The van der Waals surface area contributed by atoms with Gasteiger partial charge in [0.2, 0.25) is 6.23 Å². The first-order valence-electron chi connectivity index (χ1n) is 5.73. The highest BCUT2D eigenvalue weighted by Gasteiger charge is 2.43. The number of ether oxygens (including phenoxy) is 1. The third-order valence-electron chi connectivity index (χ3n) is 2.79. The third kappa shape index (κ3) is 2.25. The van der Waals surface area contributed by atoms with Crippen LogP contribution < -0.4 is 4.90 Å². The molecule has 0 saturated carbocycles. The van der Waals surface area contributed by atoms with Gasteiger partial charge in [0.25, 0.3) is 5.91 Å². The molecule has 8 nitrogen and oxygen atoms in total. The summed E-state index contributed by atoms with van der Waals surface area (Å²) < 4.78 is 4.75. The van der Waals surface area contributed by atoms with Crippen LogP contribution in [0.4, 0.5) is 10.6 Å². The van der Waals surface area contributed by atoms with Crippen LogP contribution in [0.1, 0.15) is 22.4 Å². The van der Waals surface area contributed by atoms with Crippen molar-refractivity contribution in [3.63, 3.8) is 0 Å². The summed E-state index contributed by atoms with van der Waals surface area (Å²) in [5, 5.41) is 9.23. The van der Waals surface area contributed by atoms with Crippen LogP contribution in [-0.2, 0) is 4.74 Å². The van der Waals surface area contributed by atoms with Crippen LogP contribution in [-0.4, -0.2) is 32.1 Å². The van der Waals surface area contributed by atoms with Gasteiger partial charge in [-0.15, -0.1) is 0 Å². The van der Waals surface area contributed by atoms with E-state index in [-0.39, 0.29) is 17.2 Å². The predicted molar refractivity (Wildman–Crippen MR) is 69.9 cm³/mol. The quantitative estimate of drug-likeness (QED) is 0.844. The highest BCUT2D eigenvalue weighted by molar-refractivity contribution is 6.30. The molecule has 0 saturated heterocycles. The van der Waals surface area contributed by atoms with Crippen molar-refractivity contribution in [2.45, 2.75) is 6.23 Å². The minimum atomic E-state index is -1.54. The van der Waals surface area contributed by atoms with E-state index in [2.05, 4.69) is 15.0 Å².